The first-order valence-corrected chi connectivity index (χ1v) is 10.0. The number of ether oxygens (including phenoxy) is 1. The van der Waals surface area contributed by atoms with Crippen LogP contribution in [0.4, 0.5) is 0 Å². The molecule has 148 valence electrons. The number of nitrogens with one attached hydrogen (secondary N) is 2. The van der Waals surface area contributed by atoms with Gasteiger partial charge in [-0.3, -0.25) is 4.79 Å². The van der Waals surface area contributed by atoms with Crippen LogP contribution >= 0.6 is 0 Å². The van der Waals surface area contributed by atoms with Crippen LogP contribution in [0.5, 0.6) is 5.75 Å². The van der Waals surface area contributed by atoms with E-state index in [1.165, 1.54) is 11.1 Å². The standard InChI is InChI=1S/C25H26N2O2/c1-29-24-10-6-5-9-21(24)17-26-23-15-22(23)19-11-13-20(14-12-19)25(28)27-16-18-7-3-2-4-8-18/h2-14,22-23,26H,15-17H2,1H3,(H,27,28). The summed E-state index contributed by atoms with van der Waals surface area (Å²) in [6.45, 7) is 1.34. The molecule has 0 spiro atoms. The summed E-state index contributed by atoms with van der Waals surface area (Å²) >= 11 is 0. The van der Waals surface area contributed by atoms with Crippen LogP contribution in [0.1, 0.15) is 39.4 Å². The molecular formula is C25H26N2O2. The highest BCUT2D eigenvalue weighted by Gasteiger charge is 2.37. The van der Waals surface area contributed by atoms with Gasteiger partial charge in [0.15, 0.2) is 0 Å². The summed E-state index contributed by atoms with van der Waals surface area (Å²) < 4.78 is 5.42. The van der Waals surface area contributed by atoms with Crippen LogP contribution in [-0.2, 0) is 13.1 Å². The molecule has 0 heterocycles. The van der Waals surface area contributed by atoms with E-state index < -0.39 is 0 Å². The number of para-hydroxylation sites is 1. The second-order valence-electron chi connectivity index (χ2n) is 7.43. The fourth-order valence-corrected chi connectivity index (χ4v) is 3.64. The molecule has 0 aromatic heterocycles. The van der Waals surface area contributed by atoms with Crippen molar-refractivity contribution in [1.82, 2.24) is 10.6 Å². The monoisotopic (exact) mass is 386 g/mol. The van der Waals surface area contributed by atoms with E-state index in [-0.39, 0.29) is 5.91 Å². The molecule has 4 rings (SSSR count). The topological polar surface area (TPSA) is 50.4 Å². The molecule has 3 aromatic carbocycles. The molecule has 0 bridgehead atoms. The summed E-state index contributed by atoms with van der Waals surface area (Å²) in [6, 6.07) is 26.5. The molecule has 29 heavy (non-hydrogen) atoms. The van der Waals surface area contributed by atoms with E-state index in [4.69, 9.17) is 4.74 Å². The average molecular weight is 386 g/mol. The van der Waals surface area contributed by atoms with Gasteiger partial charge in [-0.2, -0.15) is 0 Å². The molecule has 4 nitrogen and oxygen atoms in total. The summed E-state index contributed by atoms with van der Waals surface area (Å²) in [5, 5.41) is 6.59. The SMILES string of the molecule is COc1ccccc1CNC1CC1c1ccc(C(=O)NCc2ccccc2)cc1. The third kappa shape index (κ3) is 4.84. The van der Waals surface area contributed by atoms with Gasteiger partial charge >= 0.3 is 0 Å². The van der Waals surface area contributed by atoms with Gasteiger partial charge < -0.3 is 15.4 Å². The smallest absolute Gasteiger partial charge is 0.251 e. The minimum Gasteiger partial charge on any atom is -0.496 e. The summed E-state index contributed by atoms with van der Waals surface area (Å²) in [5.74, 6) is 1.39. The van der Waals surface area contributed by atoms with E-state index in [2.05, 4.69) is 28.8 Å². The quantitative estimate of drug-likeness (QED) is 0.608. The van der Waals surface area contributed by atoms with E-state index in [0.717, 1.165) is 24.3 Å². The zero-order valence-corrected chi connectivity index (χ0v) is 16.6. The Morgan fingerprint density at radius 3 is 2.41 bits per heavy atom. The Balaban J connectivity index is 1.28. The lowest BCUT2D eigenvalue weighted by Gasteiger charge is -2.09. The Morgan fingerprint density at radius 2 is 1.66 bits per heavy atom. The van der Waals surface area contributed by atoms with Crippen LogP contribution in [0.2, 0.25) is 0 Å². The minimum absolute atomic E-state index is 0.0398. The first kappa shape index (κ1) is 19.2. The molecule has 0 saturated heterocycles. The summed E-state index contributed by atoms with van der Waals surface area (Å²) in [4.78, 5) is 12.4. The lowest BCUT2D eigenvalue weighted by atomic mass is 10.1. The highest BCUT2D eigenvalue weighted by molar-refractivity contribution is 5.94. The number of carbonyl (C=O) groups excluding carboxylic acids is 1. The van der Waals surface area contributed by atoms with Gasteiger partial charge in [0.2, 0.25) is 0 Å². The van der Waals surface area contributed by atoms with Gasteiger partial charge in [0.05, 0.1) is 7.11 Å². The van der Waals surface area contributed by atoms with Crippen molar-refractivity contribution >= 4 is 5.91 Å². The molecule has 1 aliphatic rings. The Hall–Kier alpha value is -3.11. The van der Waals surface area contributed by atoms with Gasteiger partial charge in [0.25, 0.3) is 5.91 Å². The maximum absolute atomic E-state index is 12.4. The molecule has 1 amide bonds. The summed E-state index contributed by atoms with van der Waals surface area (Å²) in [6.07, 6.45) is 1.12. The van der Waals surface area contributed by atoms with Crippen LogP contribution in [0.3, 0.4) is 0 Å². The third-order valence-corrected chi connectivity index (χ3v) is 5.43. The van der Waals surface area contributed by atoms with Crippen molar-refractivity contribution in [2.24, 2.45) is 0 Å². The van der Waals surface area contributed by atoms with E-state index in [9.17, 15) is 4.79 Å². The lowest BCUT2D eigenvalue weighted by molar-refractivity contribution is 0.0951. The van der Waals surface area contributed by atoms with E-state index in [1.54, 1.807) is 7.11 Å². The molecule has 4 heteroatoms. The van der Waals surface area contributed by atoms with Crippen molar-refractivity contribution in [2.45, 2.75) is 31.5 Å². The van der Waals surface area contributed by atoms with Crippen LogP contribution in [0, 0.1) is 0 Å². The van der Waals surface area contributed by atoms with Gasteiger partial charge in [0.1, 0.15) is 5.75 Å². The van der Waals surface area contributed by atoms with Crippen LogP contribution in [-0.4, -0.2) is 19.1 Å². The van der Waals surface area contributed by atoms with Crippen LogP contribution < -0.4 is 15.4 Å². The predicted molar refractivity (Wildman–Crippen MR) is 115 cm³/mol. The maximum atomic E-state index is 12.4. The second-order valence-corrected chi connectivity index (χ2v) is 7.43. The van der Waals surface area contributed by atoms with Crippen LogP contribution in [0.15, 0.2) is 78.9 Å². The van der Waals surface area contributed by atoms with Crippen molar-refractivity contribution in [3.8, 4) is 5.75 Å². The van der Waals surface area contributed by atoms with Gasteiger partial charge in [0, 0.05) is 36.2 Å². The first-order chi connectivity index (χ1) is 14.2. The molecule has 0 radical (unpaired) electrons. The fraction of sp³-hybridized carbons (Fsp3) is 0.240. The van der Waals surface area contributed by atoms with Gasteiger partial charge in [-0.25, -0.2) is 0 Å². The molecule has 3 aromatic rings. The maximum Gasteiger partial charge on any atom is 0.251 e. The molecule has 2 atom stereocenters. The Bertz CT molecular complexity index is 954. The lowest BCUT2D eigenvalue weighted by Crippen LogP contribution is -2.22. The van der Waals surface area contributed by atoms with E-state index in [1.807, 2.05) is 60.7 Å². The second kappa shape index (κ2) is 8.93. The molecule has 2 N–H and O–H groups in total. The largest absolute Gasteiger partial charge is 0.496 e. The molecule has 1 fully saturated rings. The predicted octanol–water partition coefficient (Wildman–Crippen LogP) is 4.27. The number of rotatable bonds is 8. The third-order valence-electron chi connectivity index (χ3n) is 5.43. The van der Waals surface area contributed by atoms with Crippen molar-refractivity contribution in [1.29, 1.82) is 0 Å². The van der Waals surface area contributed by atoms with Crippen molar-refractivity contribution in [3.05, 3.63) is 101 Å². The summed E-state index contributed by atoms with van der Waals surface area (Å²) in [7, 11) is 1.70. The van der Waals surface area contributed by atoms with Gasteiger partial charge in [-0.1, -0.05) is 60.7 Å². The Labute approximate surface area is 171 Å². The summed E-state index contributed by atoms with van der Waals surface area (Å²) in [5.41, 5.74) is 4.25. The minimum atomic E-state index is -0.0398. The highest BCUT2D eigenvalue weighted by atomic mass is 16.5. The zero-order chi connectivity index (χ0) is 20.1. The normalized spacial score (nSPS) is 17.6. The van der Waals surface area contributed by atoms with Crippen LogP contribution in [0.25, 0.3) is 0 Å². The first-order valence-electron chi connectivity index (χ1n) is 10.0. The van der Waals surface area contributed by atoms with E-state index in [0.29, 0.717) is 24.1 Å². The molecule has 1 aliphatic carbocycles. The van der Waals surface area contributed by atoms with Gasteiger partial charge in [-0.15, -0.1) is 0 Å². The Kier molecular flexibility index (Phi) is 5.92. The van der Waals surface area contributed by atoms with E-state index >= 15 is 0 Å². The van der Waals surface area contributed by atoms with Crippen molar-refractivity contribution in [2.75, 3.05) is 7.11 Å². The number of carbonyl (C=O) groups is 1. The van der Waals surface area contributed by atoms with Crippen molar-refractivity contribution in [3.63, 3.8) is 0 Å². The van der Waals surface area contributed by atoms with Gasteiger partial charge in [-0.05, 0) is 35.7 Å². The zero-order valence-electron chi connectivity index (χ0n) is 16.6. The number of amides is 1. The highest BCUT2D eigenvalue weighted by Crippen LogP contribution is 2.41. The van der Waals surface area contributed by atoms with Crippen molar-refractivity contribution < 1.29 is 9.53 Å². The fourth-order valence-electron chi connectivity index (χ4n) is 3.64. The Morgan fingerprint density at radius 1 is 0.931 bits per heavy atom. The molecule has 2 unspecified atom stereocenters. The number of hydrogen-bond donors (Lipinski definition) is 2. The number of benzene rings is 3. The molecule has 0 aliphatic heterocycles. The average Bonchev–Trinajstić information content (AvgIpc) is 3.57. The number of methoxy groups -OCH3 is 1. The molecular weight excluding hydrogens is 360 g/mol. The number of hydrogen-bond acceptors (Lipinski definition) is 3. The molecule has 1 saturated carbocycles.